The summed E-state index contributed by atoms with van der Waals surface area (Å²) in [5.41, 5.74) is 2.62. The minimum absolute atomic E-state index is 0.0593. The first-order valence-corrected chi connectivity index (χ1v) is 10.6. The SMILES string of the molecule is COc1ccc(C(CNC(=O)c2ccc(OCc3csc(C)n3)cc2)N(C)C)cc1. The highest BCUT2D eigenvalue weighted by atomic mass is 32.1. The minimum Gasteiger partial charge on any atom is -0.497 e. The van der Waals surface area contributed by atoms with Crippen LogP contribution in [0.15, 0.2) is 53.9 Å². The molecule has 0 saturated carbocycles. The Morgan fingerprint density at radius 2 is 1.77 bits per heavy atom. The lowest BCUT2D eigenvalue weighted by molar-refractivity contribution is 0.0942. The van der Waals surface area contributed by atoms with E-state index in [0.29, 0.717) is 24.5 Å². The van der Waals surface area contributed by atoms with Crippen LogP contribution in [0.1, 0.15) is 32.7 Å². The Bertz CT molecular complexity index is 953. The van der Waals surface area contributed by atoms with Crippen molar-refractivity contribution in [3.63, 3.8) is 0 Å². The molecule has 1 aromatic heterocycles. The number of amides is 1. The maximum Gasteiger partial charge on any atom is 0.251 e. The highest BCUT2D eigenvalue weighted by molar-refractivity contribution is 7.09. The second-order valence-corrected chi connectivity index (χ2v) is 8.20. The molecule has 0 aliphatic carbocycles. The summed E-state index contributed by atoms with van der Waals surface area (Å²) in [6.45, 7) is 2.89. The van der Waals surface area contributed by atoms with Crippen LogP contribution in [0.3, 0.4) is 0 Å². The number of carbonyl (C=O) groups excluding carboxylic acids is 1. The quantitative estimate of drug-likeness (QED) is 0.560. The molecule has 1 atom stereocenters. The summed E-state index contributed by atoms with van der Waals surface area (Å²) in [6.07, 6.45) is 0. The smallest absolute Gasteiger partial charge is 0.251 e. The van der Waals surface area contributed by atoms with E-state index in [9.17, 15) is 4.79 Å². The van der Waals surface area contributed by atoms with E-state index in [1.54, 1.807) is 42.7 Å². The Balaban J connectivity index is 1.56. The van der Waals surface area contributed by atoms with Crippen molar-refractivity contribution in [1.82, 2.24) is 15.2 Å². The number of aromatic nitrogens is 1. The number of nitrogens with zero attached hydrogens (tertiary/aromatic N) is 2. The monoisotopic (exact) mass is 425 g/mol. The molecular weight excluding hydrogens is 398 g/mol. The van der Waals surface area contributed by atoms with Gasteiger partial charge in [0, 0.05) is 17.5 Å². The van der Waals surface area contributed by atoms with Gasteiger partial charge in [0.15, 0.2) is 0 Å². The van der Waals surface area contributed by atoms with Crippen LogP contribution in [0.25, 0.3) is 0 Å². The van der Waals surface area contributed by atoms with Gasteiger partial charge in [0.25, 0.3) is 5.91 Å². The lowest BCUT2D eigenvalue weighted by atomic mass is 10.1. The second kappa shape index (κ2) is 10.2. The first-order valence-electron chi connectivity index (χ1n) is 9.68. The normalized spacial score (nSPS) is 11.9. The number of aryl methyl sites for hydroxylation is 1. The Labute approximate surface area is 181 Å². The number of thiazole rings is 1. The van der Waals surface area contributed by atoms with Gasteiger partial charge < -0.3 is 19.7 Å². The van der Waals surface area contributed by atoms with E-state index in [4.69, 9.17) is 9.47 Å². The van der Waals surface area contributed by atoms with Gasteiger partial charge in [-0.1, -0.05) is 12.1 Å². The number of ether oxygens (including phenoxy) is 2. The molecule has 0 saturated heterocycles. The van der Waals surface area contributed by atoms with Crippen LogP contribution in [0, 0.1) is 6.92 Å². The summed E-state index contributed by atoms with van der Waals surface area (Å²) in [5.74, 6) is 1.41. The molecule has 1 N–H and O–H groups in total. The zero-order valence-corrected chi connectivity index (χ0v) is 18.5. The van der Waals surface area contributed by atoms with Crippen molar-refractivity contribution in [2.75, 3.05) is 27.7 Å². The van der Waals surface area contributed by atoms with E-state index in [2.05, 4.69) is 15.2 Å². The van der Waals surface area contributed by atoms with Crippen molar-refractivity contribution >= 4 is 17.2 Å². The fraction of sp³-hybridized carbons (Fsp3) is 0.304. The number of carbonyl (C=O) groups is 1. The maximum atomic E-state index is 12.6. The van der Waals surface area contributed by atoms with Crippen LogP contribution < -0.4 is 14.8 Å². The predicted octanol–water partition coefficient (Wildman–Crippen LogP) is 4.07. The zero-order chi connectivity index (χ0) is 21.5. The molecule has 2 aromatic carbocycles. The number of methoxy groups -OCH3 is 1. The van der Waals surface area contributed by atoms with E-state index < -0.39 is 0 Å². The van der Waals surface area contributed by atoms with Crippen LogP contribution in [0.5, 0.6) is 11.5 Å². The van der Waals surface area contributed by atoms with Gasteiger partial charge in [-0.25, -0.2) is 4.98 Å². The van der Waals surface area contributed by atoms with Crippen molar-refractivity contribution in [2.45, 2.75) is 19.6 Å². The first kappa shape index (κ1) is 21.8. The van der Waals surface area contributed by atoms with Crippen LogP contribution in [-0.4, -0.2) is 43.5 Å². The van der Waals surface area contributed by atoms with Gasteiger partial charge in [-0.15, -0.1) is 11.3 Å². The molecule has 1 amide bonds. The third-order valence-corrected chi connectivity index (χ3v) is 5.57. The summed E-state index contributed by atoms with van der Waals surface area (Å²) >= 11 is 1.60. The molecule has 3 aromatic rings. The number of likely N-dealkylation sites (N-methyl/N-ethyl adjacent to an activating group) is 1. The fourth-order valence-corrected chi connectivity index (χ4v) is 3.65. The largest absolute Gasteiger partial charge is 0.497 e. The summed E-state index contributed by atoms with van der Waals surface area (Å²) in [5, 5.41) is 6.03. The van der Waals surface area contributed by atoms with Gasteiger partial charge >= 0.3 is 0 Å². The molecule has 0 bridgehead atoms. The molecular formula is C23H27N3O3S. The molecule has 0 aliphatic heterocycles. The molecule has 1 unspecified atom stereocenters. The van der Waals surface area contributed by atoms with Gasteiger partial charge in [-0.3, -0.25) is 4.79 Å². The Hall–Kier alpha value is -2.90. The molecule has 0 fully saturated rings. The van der Waals surface area contributed by atoms with Crippen molar-refractivity contribution < 1.29 is 14.3 Å². The van der Waals surface area contributed by atoms with Gasteiger partial charge in [-0.2, -0.15) is 0 Å². The van der Waals surface area contributed by atoms with Crippen molar-refractivity contribution in [3.8, 4) is 11.5 Å². The lowest BCUT2D eigenvalue weighted by Gasteiger charge is -2.25. The predicted molar refractivity (Wildman–Crippen MR) is 119 cm³/mol. The number of hydrogen-bond acceptors (Lipinski definition) is 6. The number of hydrogen-bond donors (Lipinski definition) is 1. The molecule has 7 heteroatoms. The van der Waals surface area contributed by atoms with E-state index >= 15 is 0 Å². The summed E-state index contributed by atoms with van der Waals surface area (Å²) in [4.78, 5) is 19.1. The summed E-state index contributed by atoms with van der Waals surface area (Å²) in [7, 11) is 5.64. The van der Waals surface area contributed by atoms with Gasteiger partial charge in [-0.05, 0) is 63.0 Å². The Kier molecular flexibility index (Phi) is 7.43. The Morgan fingerprint density at radius 3 is 2.33 bits per heavy atom. The molecule has 0 spiro atoms. The van der Waals surface area contributed by atoms with Crippen LogP contribution in [0.2, 0.25) is 0 Å². The number of nitrogens with one attached hydrogen (secondary N) is 1. The minimum atomic E-state index is -0.114. The Morgan fingerprint density at radius 1 is 1.10 bits per heavy atom. The molecule has 0 aliphatic rings. The van der Waals surface area contributed by atoms with Crippen LogP contribution in [-0.2, 0) is 6.61 Å². The third kappa shape index (κ3) is 5.81. The van der Waals surface area contributed by atoms with Gasteiger partial charge in [0.05, 0.1) is 23.9 Å². The molecule has 3 rings (SSSR count). The van der Waals surface area contributed by atoms with E-state index in [1.165, 1.54) is 0 Å². The third-order valence-electron chi connectivity index (χ3n) is 4.75. The first-order chi connectivity index (χ1) is 14.5. The second-order valence-electron chi connectivity index (χ2n) is 7.13. The van der Waals surface area contributed by atoms with Crippen molar-refractivity contribution in [3.05, 3.63) is 75.7 Å². The van der Waals surface area contributed by atoms with E-state index in [-0.39, 0.29) is 11.9 Å². The van der Waals surface area contributed by atoms with E-state index in [1.807, 2.05) is 50.7 Å². The highest BCUT2D eigenvalue weighted by Crippen LogP contribution is 2.21. The topological polar surface area (TPSA) is 63.7 Å². The van der Waals surface area contributed by atoms with Gasteiger partial charge in [0.2, 0.25) is 0 Å². The zero-order valence-electron chi connectivity index (χ0n) is 17.7. The molecule has 0 radical (unpaired) electrons. The number of rotatable bonds is 9. The van der Waals surface area contributed by atoms with E-state index in [0.717, 1.165) is 22.0 Å². The highest BCUT2D eigenvalue weighted by Gasteiger charge is 2.16. The van der Waals surface area contributed by atoms with Crippen molar-refractivity contribution in [2.24, 2.45) is 0 Å². The lowest BCUT2D eigenvalue weighted by Crippen LogP contribution is -2.34. The van der Waals surface area contributed by atoms with Crippen LogP contribution in [0.4, 0.5) is 0 Å². The standard InChI is InChI=1S/C23H27N3O3S/c1-16-25-19(15-30-16)14-29-21-11-7-18(8-12-21)23(27)24-13-22(26(2)3)17-5-9-20(28-4)10-6-17/h5-12,15,22H,13-14H2,1-4H3,(H,24,27). The average molecular weight is 426 g/mol. The van der Waals surface area contributed by atoms with Gasteiger partial charge in [0.1, 0.15) is 18.1 Å². The van der Waals surface area contributed by atoms with Crippen LogP contribution >= 0.6 is 11.3 Å². The number of benzene rings is 2. The summed E-state index contributed by atoms with van der Waals surface area (Å²) in [6, 6.07) is 15.1. The average Bonchev–Trinajstić information content (AvgIpc) is 3.18. The molecule has 1 heterocycles. The maximum absolute atomic E-state index is 12.6. The fourth-order valence-electron chi connectivity index (χ4n) is 3.05. The molecule has 30 heavy (non-hydrogen) atoms. The van der Waals surface area contributed by atoms with Crippen molar-refractivity contribution in [1.29, 1.82) is 0 Å². The molecule has 6 nitrogen and oxygen atoms in total. The summed E-state index contributed by atoms with van der Waals surface area (Å²) < 4.78 is 11.0. The molecule has 158 valence electrons.